The molecule has 0 amide bonds. The Labute approximate surface area is 105 Å². The summed E-state index contributed by atoms with van der Waals surface area (Å²) in [4.78, 5) is 0. The molecule has 0 radical (unpaired) electrons. The van der Waals surface area contributed by atoms with Gasteiger partial charge >= 0.3 is 0 Å². The highest BCUT2D eigenvalue weighted by Crippen LogP contribution is 2.30. The molecule has 0 saturated carbocycles. The van der Waals surface area contributed by atoms with Crippen molar-refractivity contribution in [3.63, 3.8) is 0 Å². The Morgan fingerprint density at radius 1 is 1.18 bits per heavy atom. The van der Waals surface area contributed by atoms with Gasteiger partial charge in [-0.05, 0) is 57.9 Å². The zero-order chi connectivity index (χ0) is 13.1. The molecule has 1 unspecified atom stereocenters. The second-order valence-electron chi connectivity index (χ2n) is 5.09. The second-order valence-corrected chi connectivity index (χ2v) is 5.09. The summed E-state index contributed by atoms with van der Waals surface area (Å²) in [7, 11) is 1.97. The summed E-state index contributed by atoms with van der Waals surface area (Å²) in [5.41, 5.74) is 3.61. The molecule has 0 aromatic heterocycles. The van der Waals surface area contributed by atoms with Crippen LogP contribution in [0.15, 0.2) is 12.1 Å². The first-order chi connectivity index (χ1) is 7.93. The summed E-state index contributed by atoms with van der Waals surface area (Å²) in [6, 6.07) is 4.28. The zero-order valence-electron chi connectivity index (χ0n) is 12.0. The van der Waals surface area contributed by atoms with Gasteiger partial charge in [-0.15, -0.1) is 0 Å². The average molecular weight is 235 g/mol. The van der Waals surface area contributed by atoms with E-state index in [1.165, 1.54) is 16.7 Å². The van der Waals surface area contributed by atoms with Gasteiger partial charge in [0.15, 0.2) is 0 Å². The summed E-state index contributed by atoms with van der Waals surface area (Å²) < 4.78 is 6.27. The number of hydrogen-bond donors (Lipinski definition) is 1. The third kappa shape index (κ3) is 3.22. The van der Waals surface area contributed by atoms with E-state index in [2.05, 4.69) is 52.1 Å². The molecule has 1 aromatic rings. The van der Waals surface area contributed by atoms with E-state index in [9.17, 15) is 0 Å². The van der Waals surface area contributed by atoms with Crippen LogP contribution in [0.3, 0.4) is 0 Å². The molecule has 0 bridgehead atoms. The van der Waals surface area contributed by atoms with E-state index in [1.807, 2.05) is 7.05 Å². The predicted molar refractivity (Wildman–Crippen MR) is 73.9 cm³/mol. The highest BCUT2D eigenvalue weighted by molar-refractivity contribution is 5.44. The Balaban J connectivity index is 3.05. The van der Waals surface area contributed by atoms with E-state index in [-0.39, 0.29) is 5.60 Å². The summed E-state index contributed by atoms with van der Waals surface area (Å²) in [6.45, 7) is 11.5. The third-order valence-corrected chi connectivity index (χ3v) is 3.52. The maximum absolute atomic E-state index is 6.27. The van der Waals surface area contributed by atoms with Crippen LogP contribution in [0, 0.1) is 20.8 Å². The van der Waals surface area contributed by atoms with Crippen molar-refractivity contribution in [2.45, 2.75) is 46.6 Å². The smallest absolute Gasteiger partial charge is 0.126 e. The number of rotatable bonds is 5. The van der Waals surface area contributed by atoms with Gasteiger partial charge < -0.3 is 10.1 Å². The third-order valence-electron chi connectivity index (χ3n) is 3.52. The molecule has 96 valence electrons. The minimum absolute atomic E-state index is 0.141. The van der Waals surface area contributed by atoms with Crippen LogP contribution in [0.2, 0.25) is 0 Å². The minimum Gasteiger partial charge on any atom is -0.486 e. The van der Waals surface area contributed by atoms with Crippen LogP contribution in [-0.2, 0) is 0 Å². The van der Waals surface area contributed by atoms with Crippen LogP contribution in [-0.4, -0.2) is 19.2 Å². The maximum Gasteiger partial charge on any atom is 0.126 e. The number of hydrogen-bond acceptors (Lipinski definition) is 2. The van der Waals surface area contributed by atoms with Crippen molar-refractivity contribution in [2.24, 2.45) is 0 Å². The van der Waals surface area contributed by atoms with Gasteiger partial charge in [0, 0.05) is 6.54 Å². The number of aryl methyl sites for hydroxylation is 2. The quantitative estimate of drug-likeness (QED) is 0.844. The van der Waals surface area contributed by atoms with Crippen molar-refractivity contribution in [3.05, 3.63) is 28.8 Å². The van der Waals surface area contributed by atoms with Gasteiger partial charge in [-0.1, -0.05) is 19.1 Å². The second kappa shape index (κ2) is 5.54. The van der Waals surface area contributed by atoms with E-state index in [0.717, 1.165) is 18.7 Å². The SMILES string of the molecule is CCC(C)(CNC)Oc1c(C)ccc(C)c1C. The molecule has 0 saturated heterocycles. The summed E-state index contributed by atoms with van der Waals surface area (Å²) in [6.07, 6.45) is 0.987. The summed E-state index contributed by atoms with van der Waals surface area (Å²) in [5.74, 6) is 1.05. The van der Waals surface area contributed by atoms with Crippen molar-refractivity contribution in [1.29, 1.82) is 0 Å². The van der Waals surface area contributed by atoms with E-state index >= 15 is 0 Å². The Bertz CT molecular complexity index is 387. The molecule has 0 aliphatic heterocycles. The molecular weight excluding hydrogens is 210 g/mol. The Kier molecular flexibility index (Phi) is 4.58. The number of benzene rings is 1. The van der Waals surface area contributed by atoms with Crippen molar-refractivity contribution in [1.82, 2.24) is 5.32 Å². The number of nitrogens with one attached hydrogen (secondary N) is 1. The van der Waals surface area contributed by atoms with E-state index in [1.54, 1.807) is 0 Å². The number of likely N-dealkylation sites (N-methyl/N-ethyl adjacent to an activating group) is 1. The molecule has 0 spiro atoms. The largest absolute Gasteiger partial charge is 0.486 e. The normalized spacial score (nSPS) is 14.5. The molecule has 1 N–H and O–H groups in total. The lowest BCUT2D eigenvalue weighted by Crippen LogP contribution is -2.41. The molecule has 17 heavy (non-hydrogen) atoms. The van der Waals surface area contributed by atoms with Gasteiger partial charge in [-0.2, -0.15) is 0 Å². The van der Waals surface area contributed by atoms with Crippen LogP contribution >= 0.6 is 0 Å². The molecule has 1 rings (SSSR count). The maximum atomic E-state index is 6.27. The molecule has 0 aliphatic rings. The lowest BCUT2D eigenvalue weighted by Gasteiger charge is -2.31. The highest BCUT2D eigenvalue weighted by atomic mass is 16.5. The van der Waals surface area contributed by atoms with Gasteiger partial charge in [0.2, 0.25) is 0 Å². The van der Waals surface area contributed by atoms with Crippen molar-refractivity contribution >= 4 is 0 Å². The first-order valence-electron chi connectivity index (χ1n) is 6.34. The van der Waals surface area contributed by atoms with Crippen molar-refractivity contribution in [3.8, 4) is 5.75 Å². The van der Waals surface area contributed by atoms with Gasteiger partial charge in [-0.25, -0.2) is 0 Å². The van der Waals surface area contributed by atoms with Crippen molar-refractivity contribution < 1.29 is 4.74 Å². The molecular formula is C15H25NO. The monoisotopic (exact) mass is 235 g/mol. The van der Waals surface area contributed by atoms with Gasteiger partial charge in [0.1, 0.15) is 11.4 Å². The first kappa shape index (κ1) is 14.0. The minimum atomic E-state index is -0.141. The van der Waals surface area contributed by atoms with Gasteiger partial charge in [-0.3, -0.25) is 0 Å². The van der Waals surface area contributed by atoms with Crippen LogP contribution in [0.1, 0.15) is 37.0 Å². The van der Waals surface area contributed by atoms with Crippen LogP contribution in [0.4, 0.5) is 0 Å². The molecule has 0 heterocycles. The van der Waals surface area contributed by atoms with E-state index in [4.69, 9.17) is 4.74 Å². The van der Waals surface area contributed by atoms with E-state index in [0.29, 0.717) is 0 Å². The lowest BCUT2D eigenvalue weighted by atomic mass is 10.0. The topological polar surface area (TPSA) is 21.3 Å². The van der Waals surface area contributed by atoms with Gasteiger partial charge in [0.25, 0.3) is 0 Å². The lowest BCUT2D eigenvalue weighted by molar-refractivity contribution is 0.0840. The highest BCUT2D eigenvalue weighted by Gasteiger charge is 2.24. The standard InChI is InChI=1S/C15H25NO/c1-7-15(5,10-16-6)17-14-12(3)9-8-11(2)13(14)4/h8-9,16H,7,10H2,1-6H3. The van der Waals surface area contributed by atoms with Gasteiger partial charge in [0.05, 0.1) is 0 Å². The molecule has 1 atom stereocenters. The number of ether oxygens (including phenoxy) is 1. The molecule has 1 aromatic carbocycles. The molecule has 0 aliphatic carbocycles. The van der Waals surface area contributed by atoms with E-state index < -0.39 is 0 Å². The van der Waals surface area contributed by atoms with Crippen molar-refractivity contribution in [2.75, 3.05) is 13.6 Å². The fraction of sp³-hybridized carbons (Fsp3) is 0.600. The summed E-state index contributed by atoms with van der Waals surface area (Å²) in [5, 5.41) is 3.21. The molecule has 0 fully saturated rings. The summed E-state index contributed by atoms with van der Waals surface area (Å²) >= 11 is 0. The Hall–Kier alpha value is -1.02. The fourth-order valence-electron chi connectivity index (χ4n) is 1.94. The Morgan fingerprint density at radius 2 is 1.76 bits per heavy atom. The average Bonchev–Trinajstić information content (AvgIpc) is 2.30. The molecule has 2 heteroatoms. The fourth-order valence-corrected chi connectivity index (χ4v) is 1.94. The predicted octanol–water partition coefficient (Wildman–Crippen LogP) is 3.38. The first-order valence-corrected chi connectivity index (χ1v) is 6.34. The van der Waals surface area contributed by atoms with Crippen LogP contribution in [0.25, 0.3) is 0 Å². The molecule has 2 nitrogen and oxygen atoms in total. The van der Waals surface area contributed by atoms with Crippen LogP contribution < -0.4 is 10.1 Å². The Morgan fingerprint density at radius 3 is 2.29 bits per heavy atom. The zero-order valence-corrected chi connectivity index (χ0v) is 12.0. The van der Waals surface area contributed by atoms with Crippen LogP contribution in [0.5, 0.6) is 5.75 Å².